The van der Waals surface area contributed by atoms with Crippen molar-refractivity contribution in [1.29, 1.82) is 0 Å². The first-order valence-corrected chi connectivity index (χ1v) is 13.9. The molecule has 5 rings (SSSR count). The van der Waals surface area contributed by atoms with Crippen molar-refractivity contribution in [2.45, 2.75) is 18.4 Å². The van der Waals surface area contributed by atoms with E-state index in [9.17, 15) is 18.0 Å². The first-order chi connectivity index (χ1) is 18.3. The van der Waals surface area contributed by atoms with Crippen LogP contribution in [0.3, 0.4) is 0 Å². The van der Waals surface area contributed by atoms with E-state index in [1.54, 1.807) is 30.3 Å². The van der Waals surface area contributed by atoms with Crippen LogP contribution in [0.15, 0.2) is 94.7 Å². The van der Waals surface area contributed by atoms with Gasteiger partial charge in [-0.3, -0.25) is 14.5 Å². The number of amides is 2. The zero-order valence-electron chi connectivity index (χ0n) is 20.6. The largest absolute Gasteiger partial charge is 0.493 e. The number of hydrogen-bond donors (Lipinski definition) is 0. The average Bonchev–Trinajstić information content (AvgIpc) is 3.17. The van der Waals surface area contributed by atoms with Crippen LogP contribution >= 0.6 is 11.8 Å². The summed E-state index contributed by atoms with van der Waals surface area (Å²) in [5.74, 6) is -0.371. The number of rotatable bonds is 7. The number of fused-ring (bicyclic) bond motifs is 1. The Bertz CT molecular complexity index is 1690. The smallest absolute Gasteiger partial charge is 0.339 e. The number of benzene rings is 4. The maximum atomic E-state index is 13.3. The highest BCUT2D eigenvalue weighted by molar-refractivity contribution is 8.18. The number of thioether (sulfide) groups is 1. The number of carbonyl (C=O) groups is 2. The van der Waals surface area contributed by atoms with Crippen molar-refractivity contribution in [3.8, 4) is 11.5 Å². The Hall–Kier alpha value is -4.08. The standard InChI is InChI=1S/C29H23NO6S2/c1-19-13-15-23(16-14-19)38(33,34)36-27-21(9-6-12-25(27)35-2)17-26-28(31)30(29(32)37-26)18-22-10-5-8-20-7-3-4-11-24(20)22/h3-17H,18H2,1-2H3/b26-17-. The number of carbonyl (C=O) groups excluding carboxylic acids is 2. The molecule has 0 N–H and O–H groups in total. The molecule has 38 heavy (non-hydrogen) atoms. The topological polar surface area (TPSA) is 90.0 Å². The van der Waals surface area contributed by atoms with Crippen LogP contribution in [0.1, 0.15) is 16.7 Å². The van der Waals surface area contributed by atoms with Crippen molar-refractivity contribution in [2.75, 3.05) is 7.11 Å². The van der Waals surface area contributed by atoms with Gasteiger partial charge in [0.25, 0.3) is 11.1 Å². The highest BCUT2D eigenvalue weighted by Gasteiger charge is 2.35. The van der Waals surface area contributed by atoms with Gasteiger partial charge in [0.05, 0.1) is 18.6 Å². The van der Waals surface area contributed by atoms with Gasteiger partial charge in [0, 0.05) is 5.56 Å². The molecule has 0 spiro atoms. The minimum Gasteiger partial charge on any atom is -0.493 e. The van der Waals surface area contributed by atoms with E-state index in [1.807, 2.05) is 49.4 Å². The molecule has 0 radical (unpaired) electrons. The Balaban J connectivity index is 1.47. The average molecular weight is 546 g/mol. The van der Waals surface area contributed by atoms with Crippen molar-refractivity contribution in [2.24, 2.45) is 0 Å². The number of hydrogen-bond acceptors (Lipinski definition) is 7. The third kappa shape index (κ3) is 5.03. The van der Waals surface area contributed by atoms with E-state index in [0.29, 0.717) is 0 Å². The summed E-state index contributed by atoms with van der Waals surface area (Å²) in [5, 5.41) is 1.56. The van der Waals surface area contributed by atoms with Crippen molar-refractivity contribution in [3.63, 3.8) is 0 Å². The van der Waals surface area contributed by atoms with Gasteiger partial charge in [-0.2, -0.15) is 8.42 Å². The number of para-hydroxylation sites is 1. The third-order valence-corrected chi connectivity index (χ3v) is 8.24. The fourth-order valence-corrected chi connectivity index (χ4v) is 5.93. The molecule has 1 aliphatic heterocycles. The summed E-state index contributed by atoms with van der Waals surface area (Å²) in [6.45, 7) is 1.97. The molecule has 4 aromatic carbocycles. The molecule has 0 saturated carbocycles. The van der Waals surface area contributed by atoms with Crippen molar-refractivity contribution >= 4 is 49.9 Å². The molecule has 7 nitrogen and oxygen atoms in total. The van der Waals surface area contributed by atoms with Crippen LogP contribution in [0.2, 0.25) is 0 Å². The molecule has 1 aliphatic rings. The lowest BCUT2D eigenvalue weighted by molar-refractivity contribution is -0.123. The first-order valence-electron chi connectivity index (χ1n) is 11.7. The molecule has 0 unspecified atom stereocenters. The maximum Gasteiger partial charge on any atom is 0.339 e. The monoisotopic (exact) mass is 545 g/mol. The van der Waals surface area contributed by atoms with Crippen LogP contribution in [0.25, 0.3) is 16.8 Å². The molecule has 1 heterocycles. The number of ether oxygens (including phenoxy) is 1. The molecule has 0 aromatic heterocycles. The van der Waals surface area contributed by atoms with Gasteiger partial charge in [-0.15, -0.1) is 0 Å². The molecule has 192 valence electrons. The summed E-state index contributed by atoms with van der Waals surface area (Å²) in [4.78, 5) is 27.5. The van der Waals surface area contributed by atoms with Gasteiger partial charge in [0.1, 0.15) is 4.90 Å². The van der Waals surface area contributed by atoms with Gasteiger partial charge in [-0.1, -0.05) is 72.3 Å². The van der Waals surface area contributed by atoms with Gasteiger partial charge in [0.15, 0.2) is 11.5 Å². The van der Waals surface area contributed by atoms with E-state index in [0.717, 1.165) is 33.7 Å². The number of aryl methyl sites for hydroxylation is 1. The summed E-state index contributed by atoms with van der Waals surface area (Å²) >= 11 is 0.792. The number of imide groups is 1. The zero-order chi connectivity index (χ0) is 26.9. The molecule has 1 fully saturated rings. The van der Waals surface area contributed by atoms with E-state index in [-0.39, 0.29) is 33.4 Å². The molecular formula is C29H23NO6S2. The van der Waals surface area contributed by atoms with E-state index in [2.05, 4.69) is 0 Å². The highest BCUT2D eigenvalue weighted by Crippen LogP contribution is 2.39. The van der Waals surface area contributed by atoms with Gasteiger partial charge >= 0.3 is 10.1 Å². The fraction of sp³-hybridized carbons (Fsp3) is 0.103. The van der Waals surface area contributed by atoms with E-state index < -0.39 is 21.3 Å². The molecule has 0 bridgehead atoms. The third-order valence-electron chi connectivity index (χ3n) is 6.10. The minimum atomic E-state index is -4.19. The molecular weight excluding hydrogens is 522 g/mol. The van der Waals surface area contributed by atoms with Crippen LogP contribution in [-0.4, -0.2) is 31.6 Å². The van der Waals surface area contributed by atoms with E-state index in [1.165, 1.54) is 30.2 Å². The number of nitrogens with zero attached hydrogens (tertiary/aromatic N) is 1. The quantitative estimate of drug-likeness (QED) is 0.203. The van der Waals surface area contributed by atoms with Crippen LogP contribution < -0.4 is 8.92 Å². The summed E-state index contributed by atoms with van der Waals surface area (Å²) in [7, 11) is -2.80. The Morgan fingerprint density at radius 2 is 1.61 bits per heavy atom. The Morgan fingerprint density at radius 1 is 0.895 bits per heavy atom. The predicted molar refractivity (Wildman–Crippen MR) is 147 cm³/mol. The lowest BCUT2D eigenvalue weighted by atomic mass is 10.0. The van der Waals surface area contributed by atoms with Crippen LogP contribution in [0.4, 0.5) is 4.79 Å². The van der Waals surface area contributed by atoms with Crippen LogP contribution in [0, 0.1) is 6.92 Å². The van der Waals surface area contributed by atoms with Gasteiger partial charge in [-0.05, 0) is 59.3 Å². The van der Waals surface area contributed by atoms with Crippen LogP contribution in [0.5, 0.6) is 11.5 Å². The molecule has 2 amide bonds. The second-order valence-corrected chi connectivity index (χ2v) is 11.2. The Labute approximate surface area is 224 Å². The van der Waals surface area contributed by atoms with Gasteiger partial charge in [0.2, 0.25) is 0 Å². The van der Waals surface area contributed by atoms with Crippen molar-refractivity contribution in [3.05, 3.63) is 107 Å². The molecule has 0 aliphatic carbocycles. The van der Waals surface area contributed by atoms with Crippen molar-refractivity contribution in [1.82, 2.24) is 4.90 Å². The molecule has 0 atom stereocenters. The van der Waals surface area contributed by atoms with Gasteiger partial charge in [-0.25, -0.2) is 0 Å². The predicted octanol–water partition coefficient (Wildman–Crippen LogP) is 6.16. The van der Waals surface area contributed by atoms with Crippen LogP contribution in [-0.2, 0) is 21.5 Å². The second kappa shape index (κ2) is 10.4. The highest BCUT2D eigenvalue weighted by atomic mass is 32.2. The summed E-state index contributed by atoms with van der Waals surface area (Å²) in [6.07, 6.45) is 1.45. The Kier molecular flexibility index (Phi) is 6.96. The fourth-order valence-electron chi connectivity index (χ4n) is 4.14. The second-order valence-electron chi connectivity index (χ2n) is 8.64. The molecule has 4 aromatic rings. The lowest BCUT2D eigenvalue weighted by Gasteiger charge is -2.15. The molecule has 9 heteroatoms. The number of methoxy groups -OCH3 is 1. The molecule has 1 saturated heterocycles. The zero-order valence-corrected chi connectivity index (χ0v) is 22.2. The minimum absolute atomic E-state index is 0.0182. The summed E-state index contributed by atoms with van der Waals surface area (Å²) < 4.78 is 36.9. The Morgan fingerprint density at radius 3 is 2.37 bits per heavy atom. The summed E-state index contributed by atoms with van der Waals surface area (Å²) in [5.41, 5.74) is 2.04. The maximum absolute atomic E-state index is 13.3. The first kappa shape index (κ1) is 25.6. The van der Waals surface area contributed by atoms with Crippen molar-refractivity contribution < 1.29 is 26.9 Å². The SMILES string of the molecule is COc1cccc(/C=C2\SC(=O)N(Cc3cccc4ccccc34)C2=O)c1OS(=O)(=O)c1ccc(C)cc1. The normalized spacial score (nSPS) is 14.9. The lowest BCUT2D eigenvalue weighted by Crippen LogP contribution is -2.27. The summed E-state index contributed by atoms with van der Waals surface area (Å²) in [6, 6.07) is 24.6. The van der Waals surface area contributed by atoms with E-state index in [4.69, 9.17) is 8.92 Å². The van der Waals surface area contributed by atoms with Gasteiger partial charge < -0.3 is 8.92 Å². The van der Waals surface area contributed by atoms with E-state index >= 15 is 0 Å².